The van der Waals surface area contributed by atoms with Crippen LogP contribution in [0, 0.1) is 0 Å². The highest BCUT2D eigenvalue weighted by Crippen LogP contribution is 2.44. The molecule has 214 valence electrons. The molecule has 0 radical (unpaired) electrons. The molecule has 0 atom stereocenters. The Balaban J connectivity index is 1.18. The molecular weight excluding hydrogens is 566 g/mol. The smallest absolute Gasteiger partial charge is 0.143 e. The molecule has 0 amide bonds. The first-order valence-electron chi connectivity index (χ1n) is 15.5. The molecule has 0 aliphatic carbocycles. The summed E-state index contributed by atoms with van der Waals surface area (Å²) in [6.07, 6.45) is 0. The van der Waals surface area contributed by atoms with E-state index in [0.717, 1.165) is 93.7 Å². The molecule has 4 aromatic heterocycles. The highest BCUT2D eigenvalue weighted by Gasteiger charge is 2.21. The molecule has 0 saturated carbocycles. The molecule has 0 unspecified atom stereocenters. The van der Waals surface area contributed by atoms with Crippen molar-refractivity contribution < 1.29 is 13.3 Å². The molecular formula is C42H23NO3. The van der Waals surface area contributed by atoms with Crippen molar-refractivity contribution in [2.24, 2.45) is 0 Å². The monoisotopic (exact) mass is 589 g/mol. The third-order valence-corrected chi connectivity index (χ3v) is 9.61. The van der Waals surface area contributed by atoms with Gasteiger partial charge in [-0.25, -0.2) is 0 Å². The summed E-state index contributed by atoms with van der Waals surface area (Å²) in [4.78, 5) is 0. The zero-order valence-corrected chi connectivity index (χ0v) is 24.5. The minimum Gasteiger partial charge on any atom is -0.456 e. The van der Waals surface area contributed by atoms with E-state index >= 15 is 0 Å². The van der Waals surface area contributed by atoms with Gasteiger partial charge in [0.1, 0.15) is 33.5 Å². The third kappa shape index (κ3) is 3.07. The zero-order chi connectivity index (χ0) is 29.9. The van der Waals surface area contributed by atoms with E-state index in [4.69, 9.17) is 13.3 Å². The van der Waals surface area contributed by atoms with Crippen molar-refractivity contribution in [3.05, 3.63) is 140 Å². The van der Waals surface area contributed by atoms with Crippen LogP contribution in [0.15, 0.2) is 153 Å². The van der Waals surface area contributed by atoms with Gasteiger partial charge < -0.3 is 17.8 Å². The normalized spacial score (nSPS) is 12.3. The Labute approximate surface area is 261 Å². The van der Waals surface area contributed by atoms with Crippen molar-refractivity contribution in [3.63, 3.8) is 0 Å². The van der Waals surface area contributed by atoms with Gasteiger partial charge in [-0.3, -0.25) is 0 Å². The van der Waals surface area contributed by atoms with Crippen molar-refractivity contribution >= 4 is 87.6 Å². The lowest BCUT2D eigenvalue weighted by molar-refractivity contribution is 0.665. The van der Waals surface area contributed by atoms with Crippen LogP contribution in [0.25, 0.3) is 104 Å². The number of aromatic nitrogens is 1. The molecule has 11 rings (SSSR count). The van der Waals surface area contributed by atoms with Gasteiger partial charge in [0, 0.05) is 59.9 Å². The van der Waals surface area contributed by atoms with Crippen LogP contribution in [0.2, 0.25) is 0 Å². The van der Waals surface area contributed by atoms with Crippen molar-refractivity contribution in [1.82, 2.24) is 4.57 Å². The lowest BCUT2D eigenvalue weighted by Crippen LogP contribution is -1.93. The van der Waals surface area contributed by atoms with Crippen LogP contribution in [-0.4, -0.2) is 4.57 Å². The number of hydrogen-bond acceptors (Lipinski definition) is 3. The van der Waals surface area contributed by atoms with E-state index in [1.807, 2.05) is 24.3 Å². The summed E-state index contributed by atoms with van der Waals surface area (Å²) in [5.74, 6) is 0. The van der Waals surface area contributed by atoms with Gasteiger partial charge in [-0.1, -0.05) is 91.0 Å². The topological polar surface area (TPSA) is 44.4 Å². The van der Waals surface area contributed by atoms with Gasteiger partial charge in [-0.15, -0.1) is 0 Å². The maximum Gasteiger partial charge on any atom is 0.143 e. The minimum absolute atomic E-state index is 0.854. The van der Waals surface area contributed by atoms with E-state index in [1.54, 1.807) is 0 Å². The molecule has 0 saturated heterocycles. The van der Waals surface area contributed by atoms with Gasteiger partial charge in [0.25, 0.3) is 0 Å². The van der Waals surface area contributed by atoms with Gasteiger partial charge in [0.05, 0.1) is 11.0 Å². The first-order valence-corrected chi connectivity index (χ1v) is 15.5. The van der Waals surface area contributed by atoms with E-state index in [9.17, 15) is 0 Å². The van der Waals surface area contributed by atoms with Crippen LogP contribution in [0.3, 0.4) is 0 Å². The Bertz CT molecular complexity index is 3040. The van der Waals surface area contributed by atoms with Crippen LogP contribution < -0.4 is 0 Å². The fourth-order valence-electron chi connectivity index (χ4n) is 7.65. The fraction of sp³-hybridized carbons (Fsp3) is 0. The van der Waals surface area contributed by atoms with Crippen LogP contribution in [0.1, 0.15) is 0 Å². The molecule has 0 bridgehead atoms. The number of para-hydroxylation sites is 5. The maximum atomic E-state index is 6.64. The molecule has 7 aromatic carbocycles. The molecule has 11 aromatic rings. The van der Waals surface area contributed by atoms with Gasteiger partial charge in [-0.05, 0) is 48.5 Å². The highest BCUT2D eigenvalue weighted by atomic mass is 16.3. The number of nitrogens with zero attached hydrogens (tertiary/aromatic N) is 1. The van der Waals surface area contributed by atoms with E-state index in [2.05, 4.69) is 120 Å². The highest BCUT2D eigenvalue weighted by molar-refractivity contribution is 6.27. The van der Waals surface area contributed by atoms with Crippen LogP contribution in [0.4, 0.5) is 0 Å². The Kier molecular flexibility index (Phi) is 4.55. The van der Waals surface area contributed by atoms with Crippen LogP contribution in [-0.2, 0) is 0 Å². The number of fused-ring (bicyclic) bond motifs is 13. The Hall–Kier alpha value is -6.26. The van der Waals surface area contributed by atoms with Crippen molar-refractivity contribution in [1.29, 1.82) is 0 Å². The molecule has 4 nitrogen and oxygen atoms in total. The Morgan fingerprint density at radius 3 is 1.72 bits per heavy atom. The lowest BCUT2D eigenvalue weighted by atomic mass is 10.00. The summed E-state index contributed by atoms with van der Waals surface area (Å²) >= 11 is 0. The number of rotatable bonds is 2. The fourth-order valence-corrected chi connectivity index (χ4v) is 7.65. The van der Waals surface area contributed by atoms with Gasteiger partial charge in [-0.2, -0.15) is 0 Å². The number of furan rings is 3. The molecule has 0 N–H and O–H groups in total. The van der Waals surface area contributed by atoms with Crippen molar-refractivity contribution in [2.45, 2.75) is 0 Å². The standard InChI is InChI=1S/C42H23NO3/c1-4-16-33-30(10-1)39-34(20-22-38-40(39)31-11-3-6-18-36(31)44-38)43(33)24-19-21-37-32(23-24)29-15-8-14-28(42(29)46-37)27-13-7-12-26-25-9-2-5-17-35(25)45-41(26)27/h1-23H. The quantitative estimate of drug-likeness (QED) is 0.201. The van der Waals surface area contributed by atoms with Crippen LogP contribution in [0.5, 0.6) is 0 Å². The molecule has 0 aliphatic heterocycles. The summed E-state index contributed by atoms with van der Waals surface area (Å²) in [6.45, 7) is 0. The Morgan fingerprint density at radius 2 is 0.935 bits per heavy atom. The first kappa shape index (κ1) is 24.1. The largest absolute Gasteiger partial charge is 0.456 e. The number of benzene rings is 7. The average molecular weight is 590 g/mol. The van der Waals surface area contributed by atoms with E-state index in [0.29, 0.717) is 0 Å². The molecule has 4 heterocycles. The molecule has 0 aliphatic rings. The maximum absolute atomic E-state index is 6.64. The predicted molar refractivity (Wildman–Crippen MR) is 188 cm³/mol. The summed E-state index contributed by atoms with van der Waals surface area (Å²) in [5, 5.41) is 9.07. The van der Waals surface area contributed by atoms with Gasteiger partial charge >= 0.3 is 0 Å². The second-order valence-electron chi connectivity index (χ2n) is 12.0. The number of hydrogen-bond donors (Lipinski definition) is 0. The predicted octanol–water partition coefficient (Wildman–Crippen LogP) is 12.1. The third-order valence-electron chi connectivity index (χ3n) is 9.61. The lowest BCUT2D eigenvalue weighted by Gasteiger charge is -2.08. The molecule has 46 heavy (non-hydrogen) atoms. The SMILES string of the molecule is c1ccc2c(c1)oc1c(-c3cccc4c3oc3ccc(-n5c6ccccc6c6c7c(ccc65)oc5ccccc57)cc34)cccc12. The second kappa shape index (κ2) is 8.68. The van der Waals surface area contributed by atoms with E-state index in [-0.39, 0.29) is 0 Å². The minimum atomic E-state index is 0.854. The summed E-state index contributed by atoms with van der Waals surface area (Å²) < 4.78 is 21.7. The van der Waals surface area contributed by atoms with Gasteiger partial charge in [0.2, 0.25) is 0 Å². The first-order chi connectivity index (χ1) is 22.8. The molecule has 0 spiro atoms. The van der Waals surface area contributed by atoms with E-state index in [1.165, 1.54) is 10.8 Å². The van der Waals surface area contributed by atoms with Crippen LogP contribution >= 0.6 is 0 Å². The van der Waals surface area contributed by atoms with Crippen molar-refractivity contribution in [2.75, 3.05) is 0 Å². The molecule has 4 heteroatoms. The van der Waals surface area contributed by atoms with Gasteiger partial charge in [0.15, 0.2) is 0 Å². The van der Waals surface area contributed by atoms with E-state index < -0.39 is 0 Å². The second-order valence-corrected chi connectivity index (χ2v) is 12.0. The summed E-state index contributed by atoms with van der Waals surface area (Å²) in [5.41, 5.74) is 10.7. The van der Waals surface area contributed by atoms with Crippen molar-refractivity contribution in [3.8, 4) is 16.8 Å². The zero-order valence-electron chi connectivity index (χ0n) is 24.5. The average Bonchev–Trinajstić information content (AvgIpc) is 3.86. The summed E-state index contributed by atoms with van der Waals surface area (Å²) in [7, 11) is 0. The molecule has 0 fully saturated rings. The summed E-state index contributed by atoms with van der Waals surface area (Å²) in [6, 6.07) is 48.7. The Morgan fingerprint density at radius 1 is 0.348 bits per heavy atom.